The van der Waals surface area contributed by atoms with Gasteiger partial charge >= 0.3 is 0 Å². The van der Waals surface area contributed by atoms with Gasteiger partial charge in [-0.05, 0) is 29.5 Å². The molecule has 0 spiro atoms. The molecule has 0 bridgehead atoms. The SMILES string of the molecule is Cc1nnnn1-c1ccccn1. The predicted octanol–water partition coefficient (Wildman–Crippen LogP) is 0.366. The van der Waals surface area contributed by atoms with Crippen molar-refractivity contribution in [3.8, 4) is 5.82 Å². The predicted molar refractivity (Wildman–Crippen MR) is 41.7 cm³/mol. The smallest absolute Gasteiger partial charge is 0.157 e. The first-order valence-electron chi connectivity index (χ1n) is 3.54. The highest BCUT2D eigenvalue weighted by Gasteiger charge is 2.01. The van der Waals surface area contributed by atoms with Gasteiger partial charge < -0.3 is 0 Å². The molecule has 2 rings (SSSR count). The van der Waals surface area contributed by atoms with Gasteiger partial charge in [0, 0.05) is 6.20 Å². The average Bonchev–Trinajstić information content (AvgIpc) is 2.53. The Balaban J connectivity index is 2.51. The van der Waals surface area contributed by atoms with E-state index in [-0.39, 0.29) is 0 Å². The molecule has 0 saturated heterocycles. The summed E-state index contributed by atoms with van der Waals surface area (Å²) in [5.74, 6) is 1.47. The van der Waals surface area contributed by atoms with E-state index < -0.39 is 0 Å². The second-order valence-corrected chi connectivity index (χ2v) is 2.33. The Labute approximate surface area is 69.1 Å². The van der Waals surface area contributed by atoms with Crippen LogP contribution in [0.1, 0.15) is 5.82 Å². The van der Waals surface area contributed by atoms with E-state index in [2.05, 4.69) is 20.5 Å². The molecule has 5 heteroatoms. The summed E-state index contributed by atoms with van der Waals surface area (Å²) in [5.41, 5.74) is 0. The molecule has 2 aromatic rings. The molecular formula is C7H7N5. The van der Waals surface area contributed by atoms with Crippen molar-refractivity contribution in [1.29, 1.82) is 0 Å². The minimum Gasteiger partial charge on any atom is -0.237 e. The Morgan fingerprint density at radius 3 is 2.83 bits per heavy atom. The fraction of sp³-hybridized carbons (Fsp3) is 0.143. The molecule has 2 heterocycles. The zero-order valence-electron chi connectivity index (χ0n) is 6.55. The zero-order valence-corrected chi connectivity index (χ0v) is 6.55. The molecule has 0 aromatic carbocycles. The largest absolute Gasteiger partial charge is 0.237 e. The standard InChI is InChI=1S/C7H7N5/c1-6-9-10-11-12(6)7-4-2-3-5-8-7/h2-5H,1H3. The molecule has 0 unspecified atom stereocenters. The number of hydrogen-bond acceptors (Lipinski definition) is 4. The van der Waals surface area contributed by atoms with Gasteiger partial charge in [0.05, 0.1) is 0 Å². The second-order valence-electron chi connectivity index (χ2n) is 2.33. The summed E-state index contributed by atoms with van der Waals surface area (Å²) in [6.07, 6.45) is 1.70. The molecule has 0 aliphatic carbocycles. The molecule has 0 atom stereocenters. The molecule has 60 valence electrons. The number of rotatable bonds is 1. The Morgan fingerprint density at radius 2 is 2.25 bits per heavy atom. The van der Waals surface area contributed by atoms with Gasteiger partial charge in [-0.15, -0.1) is 5.10 Å². The number of hydrogen-bond donors (Lipinski definition) is 0. The van der Waals surface area contributed by atoms with Crippen LogP contribution in [0.5, 0.6) is 0 Å². The van der Waals surface area contributed by atoms with Crippen LogP contribution in [0.2, 0.25) is 0 Å². The summed E-state index contributed by atoms with van der Waals surface area (Å²) >= 11 is 0. The van der Waals surface area contributed by atoms with Crippen LogP contribution in [0.25, 0.3) is 5.82 Å². The summed E-state index contributed by atoms with van der Waals surface area (Å²) in [6.45, 7) is 1.83. The van der Waals surface area contributed by atoms with E-state index in [1.807, 2.05) is 25.1 Å². The van der Waals surface area contributed by atoms with E-state index in [0.717, 1.165) is 11.6 Å². The average molecular weight is 161 g/mol. The van der Waals surface area contributed by atoms with Crippen LogP contribution in [0.3, 0.4) is 0 Å². The normalized spacial score (nSPS) is 10.1. The fourth-order valence-electron chi connectivity index (χ4n) is 0.922. The molecule has 0 aliphatic rings. The Hall–Kier alpha value is -1.78. The minimum atomic E-state index is 0.730. The van der Waals surface area contributed by atoms with E-state index in [4.69, 9.17) is 0 Å². The molecule has 0 saturated carbocycles. The zero-order chi connectivity index (χ0) is 8.39. The number of tetrazole rings is 1. The summed E-state index contributed by atoms with van der Waals surface area (Å²) in [5, 5.41) is 11.1. The molecule has 0 radical (unpaired) electrons. The van der Waals surface area contributed by atoms with E-state index in [9.17, 15) is 0 Å². The van der Waals surface area contributed by atoms with Crippen LogP contribution in [0, 0.1) is 6.92 Å². The summed E-state index contributed by atoms with van der Waals surface area (Å²) in [6, 6.07) is 5.59. The fourth-order valence-corrected chi connectivity index (χ4v) is 0.922. The highest BCUT2D eigenvalue weighted by Crippen LogP contribution is 2.00. The van der Waals surface area contributed by atoms with Crippen molar-refractivity contribution in [3.63, 3.8) is 0 Å². The van der Waals surface area contributed by atoms with Crippen molar-refractivity contribution < 1.29 is 0 Å². The lowest BCUT2D eigenvalue weighted by Crippen LogP contribution is -2.00. The van der Waals surface area contributed by atoms with Crippen LogP contribution in [0.4, 0.5) is 0 Å². The van der Waals surface area contributed by atoms with Crippen LogP contribution >= 0.6 is 0 Å². The Morgan fingerprint density at radius 1 is 1.33 bits per heavy atom. The molecule has 0 fully saturated rings. The van der Waals surface area contributed by atoms with Gasteiger partial charge in [0.2, 0.25) is 0 Å². The van der Waals surface area contributed by atoms with Gasteiger partial charge in [-0.2, -0.15) is 4.68 Å². The van der Waals surface area contributed by atoms with Gasteiger partial charge in [-0.1, -0.05) is 6.07 Å². The first-order chi connectivity index (χ1) is 5.88. The number of pyridine rings is 1. The molecule has 12 heavy (non-hydrogen) atoms. The van der Waals surface area contributed by atoms with Gasteiger partial charge in [-0.3, -0.25) is 0 Å². The van der Waals surface area contributed by atoms with Gasteiger partial charge in [0.15, 0.2) is 11.6 Å². The maximum absolute atomic E-state index is 4.10. The molecular weight excluding hydrogens is 154 g/mol. The third-order valence-electron chi connectivity index (χ3n) is 1.49. The van der Waals surface area contributed by atoms with E-state index in [0.29, 0.717) is 0 Å². The lowest BCUT2D eigenvalue weighted by atomic mass is 10.4. The quantitative estimate of drug-likeness (QED) is 0.606. The molecule has 5 nitrogen and oxygen atoms in total. The second kappa shape index (κ2) is 2.69. The minimum absolute atomic E-state index is 0.730. The summed E-state index contributed by atoms with van der Waals surface area (Å²) < 4.78 is 1.58. The molecule has 0 N–H and O–H groups in total. The maximum Gasteiger partial charge on any atom is 0.157 e. The van der Waals surface area contributed by atoms with Crippen LogP contribution in [-0.4, -0.2) is 25.2 Å². The van der Waals surface area contributed by atoms with Crippen molar-refractivity contribution in [2.24, 2.45) is 0 Å². The maximum atomic E-state index is 4.10. The van der Waals surface area contributed by atoms with Crippen molar-refractivity contribution in [2.45, 2.75) is 6.92 Å². The van der Waals surface area contributed by atoms with Gasteiger partial charge in [-0.25, -0.2) is 4.98 Å². The van der Waals surface area contributed by atoms with Crippen LogP contribution in [-0.2, 0) is 0 Å². The molecule has 0 aliphatic heterocycles. The van der Waals surface area contributed by atoms with E-state index >= 15 is 0 Å². The highest BCUT2D eigenvalue weighted by atomic mass is 15.5. The summed E-state index contributed by atoms with van der Waals surface area (Å²) in [7, 11) is 0. The van der Waals surface area contributed by atoms with Crippen molar-refractivity contribution in [2.75, 3.05) is 0 Å². The first-order valence-corrected chi connectivity index (χ1v) is 3.54. The highest BCUT2D eigenvalue weighted by molar-refractivity contribution is 5.19. The van der Waals surface area contributed by atoms with Gasteiger partial charge in [0.1, 0.15) is 0 Å². The topological polar surface area (TPSA) is 56.5 Å². The molecule has 2 aromatic heterocycles. The van der Waals surface area contributed by atoms with E-state index in [1.54, 1.807) is 10.9 Å². The van der Waals surface area contributed by atoms with Crippen LogP contribution < -0.4 is 0 Å². The summed E-state index contributed by atoms with van der Waals surface area (Å²) in [4.78, 5) is 4.10. The number of aromatic nitrogens is 5. The Bertz CT molecular complexity index is 366. The van der Waals surface area contributed by atoms with Crippen LogP contribution in [0.15, 0.2) is 24.4 Å². The van der Waals surface area contributed by atoms with Crippen molar-refractivity contribution in [1.82, 2.24) is 25.2 Å². The lowest BCUT2D eigenvalue weighted by molar-refractivity contribution is 0.760. The van der Waals surface area contributed by atoms with E-state index in [1.165, 1.54) is 0 Å². The third kappa shape index (κ3) is 1.05. The molecule has 0 amide bonds. The third-order valence-corrected chi connectivity index (χ3v) is 1.49. The first kappa shape index (κ1) is 6.90. The monoisotopic (exact) mass is 161 g/mol. The number of aryl methyl sites for hydroxylation is 1. The lowest BCUT2D eigenvalue weighted by Gasteiger charge is -1.97. The number of nitrogens with zero attached hydrogens (tertiary/aromatic N) is 5. The Kier molecular flexibility index (Phi) is 1.55. The van der Waals surface area contributed by atoms with Crippen molar-refractivity contribution >= 4 is 0 Å². The van der Waals surface area contributed by atoms with Gasteiger partial charge in [0.25, 0.3) is 0 Å². The van der Waals surface area contributed by atoms with Crippen molar-refractivity contribution in [3.05, 3.63) is 30.2 Å².